The van der Waals surface area contributed by atoms with Crippen molar-refractivity contribution in [2.75, 3.05) is 0 Å². The van der Waals surface area contributed by atoms with E-state index in [-0.39, 0.29) is 12.6 Å². The minimum Gasteiger partial charge on any atom is -0.467 e. The van der Waals surface area contributed by atoms with Crippen LogP contribution in [0, 0.1) is 0 Å². The molecule has 2 N–H and O–H groups in total. The van der Waals surface area contributed by atoms with Gasteiger partial charge in [-0.1, -0.05) is 5.16 Å². The summed E-state index contributed by atoms with van der Waals surface area (Å²) in [4.78, 5) is 4.26. The zero-order chi connectivity index (χ0) is 12.4. The second-order valence-electron chi connectivity index (χ2n) is 3.80. The molecule has 3 aromatic rings. The van der Waals surface area contributed by atoms with E-state index in [1.54, 1.807) is 6.26 Å². The molecule has 0 radical (unpaired) electrons. The number of nitrogens with two attached hydrogens (primary N) is 1. The van der Waals surface area contributed by atoms with E-state index in [0.29, 0.717) is 11.7 Å². The van der Waals surface area contributed by atoms with E-state index in [1.165, 1.54) is 0 Å². The first-order valence-electron chi connectivity index (χ1n) is 5.57. The van der Waals surface area contributed by atoms with Crippen molar-refractivity contribution in [1.82, 2.24) is 14.7 Å². The Balaban J connectivity index is 2.05. The van der Waals surface area contributed by atoms with Gasteiger partial charge in [0.05, 0.1) is 12.8 Å². The highest BCUT2D eigenvalue weighted by molar-refractivity contribution is 5.17. The lowest BCUT2D eigenvalue weighted by atomic mass is 10.2. The minimum absolute atomic E-state index is 0.226. The summed E-state index contributed by atoms with van der Waals surface area (Å²) in [5.41, 5.74) is 5.47. The lowest BCUT2D eigenvalue weighted by Crippen LogP contribution is -2.11. The number of rotatable bonds is 4. The van der Waals surface area contributed by atoms with Gasteiger partial charge in [0.1, 0.15) is 5.76 Å². The van der Waals surface area contributed by atoms with Crippen LogP contribution in [-0.4, -0.2) is 14.7 Å². The van der Waals surface area contributed by atoms with Crippen molar-refractivity contribution in [2.45, 2.75) is 12.6 Å². The average molecular weight is 244 g/mol. The van der Waals surface area contributed by atoms with Gasteiger partial charge in [0.25, 0.3) is 0 Å². The van der Waals surface area contributed by atoms with E-state index in [1.807, 2.05) is 41.2 Å². The minimum atomic E-state index is -0.237. The zero-order valence-electron chi connectivity index (χ0n) is 9.56. The molecule has 0 amide bonds. The smallest absolute Gasteiger partial charge is 0.240 e. The summed E-state index contributed by atoms with van der Waals surface area (Å²) in [6.45, 7) is 0.226. The molecule has 92 valence electrons. The van der Waals surface area contributed by atoms with Crippen molar-refractivity contribution < 1.29 is 8.94 Å². The van der Waals surface area contributed by atoms with Crippen molar-refractivity contribution >= 4 is 0 Å². The van der Waals surface area contributed by atoms with Gasteiger partial charge in [-0.15, -0.1) is 0 Å². The SMILES string of the molecule is NCc1nc([C@H](c2ccco2)n2cccc2)no1. The average Bonchev–Trinajstić information content (AvgIpc) is 3.13. The summed E-state index contributed by atoms with van der Waals surface area (Å²) < 4.78 is 12.4. The van der Waals surface area contributed by atoms with Crippen LogP contribution in [0.15, 0.2) is 51.9 Å². The molecule has 0 aliphatic heterocycles. The van der Waals surface area contributed by atoms with Gasteiger partial charge in [-0.25, -0.2) is 0 Å². The van der Waals surface area contributed by atoms with Crippen LogP contribution < -0.4 is 5.73 Å². The Labute approximate surface area is 103 Å². The predicted molar refractivity (Wildman–Crippen MR) is 62.6 cm³/mol. The monoisotopic (exact) mass is 244 g/mol. The van der Waals surface area contributed by atoms with Gasteiger partial charge in [-0.3, -0.25) is 0 Å². The molecule has 6 heteroatoms. The predicted octanol–water partition coefficient (Wildman–Crippen LogP) is 1.56. The number of hydrogen-bond acceptors (Lipinski definition) is 5. The first-order valence-corrected chi connectivity index (χ1v) is 5.57. The number of hydrogen-bond donors (Lipinski definition) is 1. The van der Waals surface area contributed by atoms with Crippen molar-refractivity contribution in [1.29, 1.82) is 0 Å². The van der Waals surface area contributed by atoms with E-state index in [4.69, 9.17) is 14.7 Å². The maximum absolute atomic E-state index is 5.47. The summed E-state index contributed by atoms with van der Waals surface area (Å²) >= 11 is 0. The normalized spacial score (nSPS) is 12.7. The Bertz CT molecular complexity index is 564. The zero-order valence-corrected chi connectivity index (χ0v) is 9.56. The molecule has 3 aromatic heterocycles. The summed E-state index contributed by atoms with van der Waals surface area (Å²) in [5.74, 6) is 1.69. The Morgan fingerprint density at radius 2 is 2.11 bits per heavy atom. The molecule has 0 bridgehead atoms. The van der Waals surface area contributed by atoms with E-state index < -0.39 is 0 Å². The van der Waals surface area contributed by atoms with Crippen LogP contribution >= 0.6 is 0 Å². The van der Waals surface area contributed by atoms with Crippen LogP contribution in [0.1, 0.15) is 23.5 Å². The van der Waals surface area contributed by atoms with Gasteiger partial charge in [0, 0.05) is 12.4 Å². The molecule has 0 fully saturated rings. The molecule has 3 heterocycles. The molecular formula is C12H12N4O2. The van der Waals surface area contributed by atoms with Crippen LogP contribution in [0.2, 0.25) is 0 Å². The first-order chi connectivity index (χ1) is 8.88. The molecule has 0 aliphatic carbocycles. The fraction of sp³-hybridized carbons (Fsp3) is 0.167. The fourth-order valence-electron chi connectivity index (χ4n) is 1.84. The van der Waals surface area contributed by atoms with Gasteiger partial charge in [-0.05, 0) is 24.3 Å². The van der Waals surface area contributed by atoms with Crippen LogP contribution in [0.4, 0.5) is 0 Å². The number of furan rings is 1. The molecule has 1 atom stereocenters. The van der Waals surface area contributed by atoms with Crippen LogP contribution in [0.25, 0.3) is 0 Å². The Kier molecular flexibility index (Phi) is 2.70. The molecule has 0 saturated heterocycles. The Hall–Kier alpha value is -2.34. The van der Waals surface area contributed by atoms with Gasteiger partial charge in [0.2, 0.25) is 11.7 Å². The highest BCUT2D eigenvalue weighted by Gasteiger charge is 2.23. The standard InChI is InChI=1S/C12H12N4O2/c13-8-10-14-12(15-18-10)11(9-4-3-7-17-9)16-5-1-2-6-16/h1-7,11H,8,13H2/t11-/m0/s1. The van der Waals surface area contributed by atoms with Gasteiger partial charge in [-0.2, -0.15) is 4.98 Å². The topological polar surface area (TPSA) is 83.0 Å². The Morgan fingerprint density at radius 1 is 1.28 bits per heavy atom. The molecule has 0 aromatic carbocycles. The van der Waals surface area contributed by atoms with E-state index in [2.05, 4.69) is 10.1 Å². The summed E-state index contributed by atoms with van der Waals surface area (Å²) in [6.07, 6.45) is 5.47. The molecule has 18 heavy (non-hydrogen) atoms. The van der Waals surface area contributed by atoms with Crippen LogP contribution in [-0.2, 0) is 6.54 Å². The Morgan fingerprint density at radius 3 is 2.72 bits per heavy atom. The maximum atomic E-state index is 5.47. The number of aromatic nitrogens is 3. The highest BCUT2D eigenvalue weighted by Crippen LogP contribution is 2.24. The highest BCUT2D eigenvalue weighted by atomic mass is 16.5. The molecule has 0 aliphatic rings. The third-order valence-corrected chi connectivity index (χ3v) is 2.64. The van der Waals surface area contributed by atoms with Gasteiger partial charge < -0.3 is 19.2 Å². The van der Waals surface area contributed by atoms with Crippen molar-refractivity contribution in [3.63, 3.8) is 0 Å². The lowest BCUT2D eigenvalue weighted by molar-refractivity contribution is 0.365. The summed E-state index contributed by atoms with van der Waals surface area (Å²) in [7, 11) is 0. The second kappa shape index (κ2) is 4.50. The molecule has 0 unspecified atom stereocenters. The van der Waals surface area contributed by atoms with Crippen molar-refractivity contribution in [3.8, 4) is 0 Å². The first kappa shape index (κ1) is 10.8. The second-order valence-corrected chi connectivity index (χ2v) is 3.80. The van der Waals surface area contributed by atoms with Crippen LogP contribution in [0.3, 0.4) is 0 Å². The van der Waals surface area contributed by atoms with Crippen molar-refractivity contribution in [2.24, 2.45) is 5.73 Å². The summed E-state index contributed by atoms with van der Waals surface area (Å²) in [5, 5.41) is 3.95. The fourth-order valence-corrected chi connectivity index (χ4v) is 1.84. The van der Waals surface area contributed by atoms with E-state index in [9.17, 15) is 0 Å². The third kappa shape index (κ3) is 1.82. The molecule has 3 rings (SSSR count). The third-order valence-electron chi connectivity index (χ3n) is 2.64. The van der Waals surface area contributed by atoms with Crippen molar-refractivity contribution in [3.05, 3.63) is 60.4 Å². The quantitative estimate of drug-likeness (QED) is 0.753. The number of nitrogens with zero attached hydrogens (tertiary/aromatic N) is 3. The molecule has 0 saturated carbocycles. The van der Waals surface area contributed by atoms with Gasteiger partial charge >= 0.3 is 0 Å². The van der Waals surface area contributed by atoms with E-state index >= 15 is 0 Å². The molecule has 0 spiro atoms. The van der Waals surface area contributed by atoms with Gasteiger partial charge in [0.15, 0.2) is 6.04 Å². The lowest BCUT2D eigenvalue weighted by Gasteiger charge is -2.12. The summed E-state index contributed by atoms with van der Waals surface area (Å²) in [6, 6.07) is 7.33. The largest absolute Gasteiger partial charge is 0.467 e. The maximum Gasteiger partial charge on any atom is 0.240 e. The van der Waals surface area contributed by atoms with Crippen LogP contribution in [0.5, 0.6) is 0 Å². The molecular weight excluding hydrogens is 232 g/mol. The molecule has 6 nitrogen and oxygen atoms in total. The van der Waals surface area contributed by atoms with E-state index in [0.717, 1.165) is 5.76 Å².